The van der Waals surface area contributed by atoms with Crippen molar-refractivity contribution in [3.63, 3.8) is 0 Å². The van der Waals surface area contributed by atoms with E-state index in [0.717, 1.165) is 61.3 Å². The highest BCUT2D eigenvalue weighted by Crippen LogP contribution is 2.48. The number of methoxy groups -OCH3 is 4. The number of ether oxygens (including phenoxy) is 6. The third kappa shape index (κ3) is 8.85. The molecule has 0 saturated carbocycles. The number of fused-ring (bicyclic) bond motifs is 1. The van der Waals surface area contributed by atoms with Gasteiger partial charge in [-0.3, -0.25) is 4.79 Å². The molecule has 206 valence electrons. The molecule has 0 aliphatic rings. The van der Waals surface area contributed by atoms with Crippen molar-refractivity contribution in [3.05, 3.63) is 35.4 Å². The van der Waals surface area contributed by atoms with E-state index in [2.05, 4.69) is 19.9 Å². The van der Waals surface area contributed by atoms with E-state index in [1.54, 1.807) is 28.4 Å². The number of rotatable bonds is 17. The van der Waals surface area contributed by atoms with Crippen LogP contribution >= 0.6 is 0 Å². The van der Waals surface area contributed by atoms with Crippen molar-refractivity contribution in [3.8, 4) is 23.0 Å². The minimum Gasteiger partial charge on any atom is -0.496 e. The summed E-state index contributed by atoms with van der Waals surface area (Å²) >= 11 is 0. The predicted octanol–water partition coefficient (Wildman–Crippen LogP) is 7.19. The first kappa shape index (κ1) is 30.3. The van der Waals surface area contributed by atoms with Crippen LogP contribution in [0.4, 0.5) is 0 Å². The van der Waals surface area contributed by atoms with Crippen LogP contribution in [-0.4, -0.2) is 47.6 Å². The van der Waals surface area contributed by atoms with Crippen molar-refractivity contribution >= 4 is 16.7 Å². The number of benzene rings is 2. The van der Waals surface area contributed by atoms with Gasteiger partial charge < -0.3 is 28.4 Å². The van der Waals surface area contributed by atoms with Gasteiger partial charge in [0.25, 0.3) is 0 Å². The molecule has 2 aromatic carbocycles. The molecule has 7 heteroatoms. The molecule has 2 rings (SSSR count). The maximum Gasteiger partial charge on any atom is 0.302 e. The summed E-state index contributed by atoms with van der Waals surface area (Å²) in [4.78, 5) is 10.8. The van der Waals surface area contributed by atoms with E-state index in [4.69, 9.17) is 28.4 Å². The molecule has 0 aliphatic carbocycles. The molecule has 0 bridgehead atoms. The third-order valence-corrected chi connectivity index (χ3v) is 6.27. The number of allylic oxidation sites excluding steroid dienone is 1. The molecule has 2 aromatic rings. The van der Waals surface area contributed by atoms with Crippen molar-refractivity contribution in [1.82, 2.24) is 0 Å². The Morgan fingerprint density at radius 3 is 1.86 bits per heavy atom. The predicted molar refractivity (Wildman–Crippen MR) is 147 cm³/mol. The van der Waals surface area contributed by atoms with Gasteiger partial charge in [-0.25, -0.2) is 0 Å². The van der Waals surface area contributed by atoms with E-state index >= 15 is 0 Å². The van der Waals surface area contributed by atoms with Crippen molar-refractivity contribution < 1.29 is 33.2 Å². The molecule has 0 heterocycles. The van der Waals surface area contributed by atoms with Gasteiger partial charge in [-0.15, -0.1) is 0 Å². The fraction of sp³-hybridized carbons (Fsp3) is 0.567. The fourth-order valence-electron chi connectivity index (χ4n) is 4.40. The van der Waals surface area contributed by atoms with Crippen molar-refractivity contribution in [2.24, 2.45) is 0 Å². The summed E-state index contributed by atoms with van der Waals surface area (Å²) in [7, 11) is 6.61. The maximum atomic E-state index is 10.8. The van der Waals surface area contributed by atoms with Crippen LogP contribution in [0, 0.1) is 0 Å². The zero-order chi connectivity index (χ0) is 27.2. The van der Waals surface area contributed by atoms with Gasteiger partial charge in [-0.2, -0.15) is 0 Å². The Hall–Kier alpha value is -2.93. The molecule has 0 aliphatic heterocycles. The number of unbranched alkanes of at least 4 members (excludes halogenated alkanes) is 5. The first-order valence-corrected chi connectivity index (χ1v) is 13.1. The third-order valence-electron chi connectivity index (χ3n) is 6.27. The van der Waals surface area contributed by atoms with Gasteiger partial charge in [0.05, 0.1) is 51.9 Å². The van der Waals surface area contributed by atoms with Crippen LogP contribution in [0.3, 0.4) is 0 Å². The Morgan fingerprint density at radius 2 is 1.32 bits per heavy atom. The molecule has 0 N–H and O–H groups in total. The molecule has 0 amide bonds. The summed E-state index contributed by atoms with van der Waals surface area (Å²) in [6.07, 6.45) is 9.00. The minimum atomic E-state index is -0.210. The van der Waals surface area contributed by atoms with Crippen LogP contribution in [0.1, 0.15) is 77.4 Å². The number of carbonyl (C=O) groups is 1. The van der Waals surface area contributed by atoms with Gasteiger partial charge >= 0.3 is 5.97 Å². The average molecular weight is 517 g/mol. The van der Waals surface area contributed by atoms with Crippen molar-refractivity contribution in [1.29, 1.82) is 0 Å². The zero-order valence-electron chi connectivity index (χ0n) is 23.6. The van der Waals surface area contributed by atoms with E-state index < -0.39 is 0 Å². The Bertz CT molecular complexity index is 1020. The van der Waals surface area contributed by atoms with Crippen LogP contribution in [-0.2, 0) is 14.3 Å². The van der Waals surface area contributed by atoms with Gasteiger partial charge in [0, 0.05) is 19.1 Å². The highest BCUT2D eigenvalue weighted by Gasteiger charge is 2.25. The molecule has 1 unspecified atom stereocenters. The second-order valence-corrected chi connectivity index (χ2v) is 9.26. The first-order chi connectivity index (χ1) is 17.9. The van der Waals surface area contributed by atoms with E-state index in [1.165, 1.54) is 12.5 Å². The lowest BCUT2D eigenvalue weighted by molar-refractivity contribution is -0.141. The number of esters is 1. The molecule has 7 nitrogen and oxygen atoms in total. The second-order valence-electron chi connectivity index (χ2n) is 9.26. The largest absolute Gasteiger partial charge is 0.496 e. The van der Waals surface area contributed by atoms with Crippen molar-refractivity contribution in [2.75, 3.05) is 41.7 Å². The Kier molecular flexibility index (Phi) is 13.1. The smallest absolute Gasteiger partial charge is 0.302 e. The van der Waals surface area contributed by atoms with Crippen LogP contribution in [0.2, 0.25) is 0 Å². The highest BCUT2D eigenvalue weighted by atomic mass is 16.5. The Labute approximate surface area is 222 Å². The van der Waals surface area contributed by atoms with Crippen molar-refractivity contribution in [2.45, 2.75) is 71.8 Å². The lowest BCUT2D eigenvalue weighted by Crippen LogP contribution is -2.09. The molecule has 0 fully saturated rings. The lowest BCUT2D eigenvalue weighted by Gasteiger charge is -2.24. The molecular formula is C30H44O7. The number of hydrogen-bond acceptors (Lipinski definition) is 7. The summed E-state index contributed by atoms with van der Waals surface area (Å²) in [5.74, 6) is 2.54. The number of hydrogen-bond donors (Lipinski definition) is 0. The average Bonchev–Trinajstić information content (AvgIpc) is 2.89. The van der Waals surface area contributed by atoms with E-state index in [-0.39, 0.29) is 12.1 Å². The van der Waals surface area contributed by atoms with Crippen LogP contribution in [0.15, 0.2) is 29.8 Å². The van der Waals surface area contributed by atoms with E-state index in [9.17, 15) is 4.79 Å². The van der Waals surface area contributed by atoms with E-state index in [0.29, 0.717) is 36.2 Å². The SMILES string of the molecule is COc1ccc(OC)c2c(OC)c(C(CC=C(C)C)OCCCCCCCCOC(C)=O)cc(OC)c12. The quantitative estimate of drug-likeness (QED) is 0.125. The maximum absolute atomic E-state index is 10.8. The normalized spacial score (nSPS) is 11.6. The number of carbonyl (C=O) groups excluding carboxylic acids is 1. The molecule has 1 atom stereocenters. The molecule has 0 saturated heterocycles. The van der Waals surface area contributed by atoms with Gasteiger partial charge in [0.15, 0.2) is 0 Å². The molecule has 0 radical (unpaired) electrons. The van der Waals surface area contributed by atoms with Gasteiger partial charge in [-0.1, -0.05) is 37.3 Å². The standard InChI is InChI=1S/C30H44O7/c1-21(2)14-15-24(37-19-13-11-9-8-10-12-18-36-22(3)31)23-20-27(34-6)28-25(32-4)16-17-26(33-5)29(28)30(23)35-7/h14,16-17,20,24H,8-13,15,18-19H2,1-7H3. The molecular weight excluding hydrogens is 472 g/mol. The monoisotopic (exact) mass is 516 g/mol. The summed E-state index contributed by atoms with van der Waals surface area (Å²) in [5, 5.41) is 1.61. The summed E-state index contributed by atoms with van der Waals surface area (Å²) < 4.78 is 34.6. The lowest BCUT2D eigenvalue weighted by atomic mass is 9.97. The Morgan fingerprint density at radius 1 is 0.757 bits per heavy atom. The molecule has 0 aromatic heterocycles. The highest BCUT2D eigenvalue weighted by molar-refractivity contribution is 6.03. The fourth-order valence-corrected chi connectivity index (χ4v) is 4.40. The summed E-state index contributed by atoms with van der Waals surface area (Å²) in [6.45, 7) is 6.78. The molecule has 0 spiro atoms. The van der Waals surface area contributed by atoms with Crippen LogP contribution in [0.5, 0.6) is 23.0 Å². The summed E-state index contributed by atoms with van der Waals surface area (Å²) in [6, 6.07) is 5.75. The first-order valence-electron chi connectivity index (χ1n) is 13.1. The summed E-state index contributed by atoms with van der Waals surface area (Å²) in [5.41, 5.74) is 2.15. The van der Waals surface area contributed by atoms with Gasteiger partial charge in [0.1, 0.15) is 23.0 Å². The topological polar surface area (TPSA) is 72.5 Å². The van der Waals surface area contributed by atoms with Gasteiger partial charge in [-0.05, 0) is 51.3 Å². The minimum absolute atomic E-state index is 0.206. The van der Waals surface area contributed by atoms with Crippen LogP contribution < -0.4 is 18.9 Å². The zero-order valence-corrected chi connectivity index (χ0v) is 23.6. The van der Waals surface area contributed by atoms with Crippen LogP contribution in [0.25, 0.3) is 10.8 Å². The molecule has 37 heavy (non-hydrogen) atoms. The van der Waals surface area contributed by atoms with E-state index in [1.807, 2.05) is 18.2 Å². The Balaban J connectivity index is 2.21. The van der Waals surface area contributed by atoms with Gasteiger partial charge in [0.2, 0.25) is 0 Å². The second kappa shape index (κ2) is 16.0.